The first kappa shape index (κ1) is 14.5. The van der Waals surface area contributed by atoms with Crippen molar-refractivity contribution in [3.8, 4) is 0 Å². The van der Waals surface area contributed by atoms with Crippen LogP contribution >= 0.6 is 0 Å². The first-order valence-electron chi connectivity index (χ1n) is 7.44. The molecular weight excluding hydrogens is 236 g/mol. The monoisotopic (exact) mass is 262 g/mol. The molecule has 0 aliphatic carbocycles. The second kappa shape index (κ2) is 6.06. The van der Waals surface area contributed by atoms with E-state index >= 15 is 0 Å². The molecule has 0 radical (unpaired) electrons. The molecule has 2 rings (SSSR count). The summed E-state index contributed by atoms with van der Waals surface area (Å²) in [5, 5.41) is 10.8. The summed E-state index contributed by atoms with van der Waals surface area (Å²) in [6.45, 7) is 7.15. The van der Waals surface area contributed by atoms with E-state index in [4.69, 9.17) is 4.74 Å². The van der Waals surface area contributed by atoms with Gasteiger partial charge in [0.1, 0.15) is 0 Å². The molecule has 1 saturated heterocycles. The number of ether oxygens (including phenoxy) is 1. The highest BCUT2D eigenvalue weighted by atomic mass is 16.5. The first-order chi connectivity index (χ1) is 9.02. The Morgan fingerprint density at radius 2 is 1.89 bits per heavy atom. The number of aliphatic hydroxyl groups is 1. The van der Waals surface area contributed by atoms with Crippen LogP contribution < -0.4 is 0 Å². The van der Waals surface area contributed by atoms with Gasteiger partial charge >= 0.3 is 0 Å². The SMILES string of the molecule is CCc1ccc(CC2(O)CCOC(C(C)C)C2)cc1. The lowest BCUT2D eigenvalue weighted by Crippen LogP contribution is -2.44. The van der Waals surface area contributed by atoms with Crippen molar-refractivity contribution in [1.82, 2.24) is 0 Å². The van der Waals surface area contributed by atoms with E-state index in [1.807, 2.05) is 0 Å². The summed E-state index contributed by atoms with van der Waals surface area (Å²) in [6.07, 6.45) is 3.48. The lowest BCUT2D eigenvalue weighted by Gasteiger charge is -2.38. The van der Waals surface area contributed by atoms with E-state index in [9.17, 15) is 5.11 Å². The maximum absolute atomic E-state index is 10.8. The van der Waals surface area contributed by atoms with Gasteiger partial charge in [-0.15, -0.1) is 0 Å². The van der Waals surface area contributed by atoms with Gasteiger partial charge in [0.15, 0.2) is 0 Å². The third-order valence-electron chi connectivity index (χ3n) is 4.19. The van der Waals surface area contributed by atoms with E-state index in [1.54, 1.807) is 0 Å². The molecule has 2 atom stereocenters. The van der Waals surface area contributed by atoms with Crippen LogP contribution in [0.4, 0.5) is 0 Å². The molecule has 1 N–H and O–H groups in total. The second-order valence-electron chi connectivity index (χ2n) is 6.18. The molecule has 1 aliphatic rings. The molecule has 1 heterocycles. The van der Waals surface area contributed by atoms with Crippen molar-refractivity contribution in [1.29, 1.82) is 0 Å². The summed E-state index contributed by atoms with van der Waals surface area (Å²) in [5.41, 5.74) is 1.98. The van der Waals surface area contributed by atoms with E-state index in [1.165, 1.54) is 11.1 Å². The number of hydrogen-bond donors (Lipinski definition) is 1. The minimum Gasteiger partial charge on any atom is -0.389 e. The number of aryl methyl sites for hydroxylation is 1. The van der Waals surface area contributed by atoms with Crippen molar-refractivity contribution in [3.05, 3.63) is 35.4 Å². The molecule has 0 bridgehead atoms. The van der Waals surface area contributed by atoms with Crippen LogP contribution in [0.25, 0.3) is 0 Å². The van der Waals surface area contributed by atoms with Gasteiger partial charge in [-0.05, 0) is 29.9 Å². The van der Waals surface area contributed by atoms with E-state index in [-0.39, 0.29) is 6.10 Å². The zero-order valence-corrected chi connectivity index (χ0v) is 12.4. The Bertz CT molecular complexity index is 396. The van der Waals surface area contributed by atoms with Gasteiger partial charge in [0.05, 0.1) is 11.7 Å². The average Bonchev–Trinajstić information content (AvgIpc) is 2.39. The van der Waals surface area contributed by atoms with Crippen molar-refractivity contribution >= 4 is 0 Å². The van der Waals surface area contributed by atoms with Gasteiger partial charge in [0.25, 0.3) is 0 Å². The molecular formula is C17H26O2. The van der Waals surface area contributed by atoms with Crippen LogP contribution in [-0.2, 0) is 17.6 Å². The maximum Gasteiger partial charge on any atom is 0.0734 e. The minimum absolute atomic E-state index is 0.189. The van der Waals surface area contributed by atoms with Gasteiger partial charge in [-0.3, -0.25) is 0 Å². The maximum atomic E-state index is 10.8. The first-order valence-corrected chi connectivity index (χ1v) is 7.44. The summed E-state index contributed by atoms with van der Waals surface area (Å²) in [5.74, 6) is 0.467. The predicted molar refractivity (Wildman–Crippen MR) is 78.3 cm³/mol. The summed E-state index contributed by atoms with van der Waals surface area (Å²) in [6, 6.07) is 8.63. The van der Waals surface area contributed by atoms with Crippen molar-refractivity contribution in [3.63, 3.8) is 0 Å². The quantitative estimate of drug-likeness (QED) is 0.901. The third kappa shape index (κ3) is 3.80. The molecule has 2 nitrogen and oxygen atoms in total. The van der Waals surface area contributed by atoms with Gasteiger partial charge in [-0.1, -0.05) is 45.0 Å². The Morgan fingerprint density at radius 3 is 2.47 bits per heavy atom. The fourth-order valence-electron chi connectivity index (χ4n) is 2.80. The smallest absolute Gasteiger partial charge is 0.0734 e. The van der Waals surface area contributed by atoms with Crippen LogP contribution in [0.2, 0.25) is 0 Å². The summed E-state index contributed by atoms with van der Waals surface area (Å²) >= 11 is 0. The highest BCUT2D eigenvalue weighted by Gasteiger charge is 2.36. The topological polar surface area (TPSA) is 29.5 Å². The standard InChI is InChI=1S/C17H26O2/c1-4-14-5-7-15(8-6-14)11-17(18)9-10-19-16(12-17)13(2)3/h5-8,13,16,18H,4,9-12H2,1-3H3. The Balaban J connectivity index is 2.03. The molecule has 1 fully saturated rings. The Morgan fingerprint density at radius 1 is 1.26 bits per heavy atom. The molecule has 0 aromatic heterocycles. The lowest BCUT2D eigenvalue weighted by molar-refractivity contribution is -0.116. The average molecular weight is 262 g/mol. The molecule has 19 heavy (non-hydrogen) atoms. The molecule has 0 amide bonds. The van der Waals surface area contributed by atoms with Gasteiger partial charge < -0.3 is 9.84 Å². The highest BCUT2D eigenvalue weighted by molar-refractivity contribution is 5.24. The van der Waals surface area contributed by atoms with E-state index in [0.717, 1.165) is 25.7 Å². The summed E-state index contributed by atoms with van der Waals surface area (Å²) < 4.78 is 5.75. The number of benzene rings is 1. The van der Waals surface area contributed by atoms with E-state index in [2.05, 4.69) is 45.0 Å². The molecule has 1 aromatic carbocycles. The third-order valence-corrected chi connectivity index (χ3v) is 4.19. The number of hydrogen-bond acceptors (Lipinski definition) is 2. The summed E-state index contributed by atoms with van der Waals surface area (Å²) in [7, 11) is 0. The molecule has 0 saturated carbocycles. The number of rotatable bonds is 4. The minimum atomic E-state index is -0.596. The Hall–Kier alpha value is -0.860. The van der Waals surface area contributed by atoms with Crippen LogP contribution in [0.15, 0.2) is 24.3 Å². The van der Waals surface area contributed by atoms with Crippen LogP contribution in [0.1, 0.15) is 44.7 Å². The molecule has 2 heteroatoms. The fourth-order valence-corrected chi connectivity index (χ4v) is 2.80. The second-order valence-corrected chi connectivity index (χ2v) is 6.18. The van der Waals surface area contributed by atoms with Crippen molar-refractivity contribution < 1.29 is 9.84 Å². The molecule has 2 unspecified atom stereocenters. The van der Waals surface area contributed by atoms with Crippen LogP contribution in [-0.4, -0.2) is 23.4 Å². The highest BCUT2D eigenvalue weighted by Crippen LogP contribution is 2.31. The Labute approximate surface area is 116 Å². The Kier molecular flexibility index (Phi) is 4.64. The van der Waals surface area contributed by atoms with Gasteiger partial charge in [0.2, 0.25) is 0 Å². The van der Waals surface area contributed by atoms with Crippen molar-refractivity contribution in [2.24, 2.45) is 5.92 Å². The fraction of sp³-hybridized carbons (Fsp3) is 0.647. The zero-order chi connectivity index (χ0) is 13.9. The van der Waals surface area contributed by atoms with E-state index < -0.39 is 5.60 Å². The molecule has 0 spiro atoms. The van der Waals surface area contributed by atoms with Gasteiger partial charge in [-0.2, -0.15) is 0 Å². The van der Waals surface area contributed by atoms with Crippen LogP contribution in [0.3, 0.4) is 0 Å². The summed E-state index contributed by atoms with van der Waals surface area (Å²) in [4.78, 5) is 0. The van der Waals surface area contributed by atoms with Gasteiger partial charge in [-0.25, -0.2) is 0 Å². The largest absolute Gasteiger partial charge is 0.389 e. The van der Waals surface area contributed by atoms with Gasteiger partial charge in [0, 0.05) is 19.4 Å². The zero-order valence-electron chi connectivity index (χ0n) is 12.4. The van der Waals surface area contributed by atoms with Crippen LogP contribution in [0, 0.1) is 5.92 Å². The van der Waals surface area contributed by atoms with Crippen LogP contribution in [0.5, 0.6) is 0 Å². The normalized spacial score (nSPS) is 27.7. The lowest BCUT2D eigenvalue weighted by atomic mass is 9.82. The molecule has 106 valence electrons. The van der Waals surface area contributed by atoms with E-state index in [0.29, 0.717) is 12.5 Å². The predicted octanol–water partition coefficient (Wildman–Crippen LogP) is 3.36. The molecule has 1 aromatic rings. The van der Waals surface area contributed by atoms with Crippen molar-refractivity contribution in [2.45, 2.75) is 58.2 Å². The molecule has 1 aliphatic heterocycles. The van der Waals surface area contributed by atoms with Crippen molar-refractivity contribution in [2.75, 3.05) is 6.61 Å².